The van der Waals surface area contributed by atoms with Gasteiger partial charge < -0.3 is 10.1 Å². The lowest BCUT2D eigenvalue weighted by molar-refractivity contribution is 0.102. The van der Waals surface area contributed by atoms with Gasteiger partial charge in [-0.3, -0.25) is 4.79 Å². The second-order valence-corrected chi connectivity index (χ2v) is 6.46. The zero-order chi connectivity index (χ0) is 16.8. The molecular weight excluding hydrogens is 354 g/mol. The Bertz CT molecular complexity index is 698. The molecule has 1 amide bonds. The number of aryl methyl sites for hydroxylation is 1. The molecule has 0 atom stereocenters. The molecule has 0 aliphatic carbocycles. The minimum atomic E-state index is -0.161. The van der Waals surface area contributed by atoms with Crippen molar-refractivity contribution in [3.05, 3.63) is 57.6 Å². The second-order valence-electron chi connectivity index (χ2n) is 5.54. The Kier molecular flexibility index (Phi) is 6.22. The minimum absolute atomic E-state index is 0.161. The van der Waals surface area contributed by atoms with Crippen LogP contribution in [0.1, 0.15) is 41.3 Å². The predicted molar refractivity (Wildman–Crippen MR) is 98.4 cm³/mol. The summed E-state index contributed by atoms with van der Waals surface area (Å²) >= 11 is 3.42. The number of hydrogen-bond donors (Lipinski definition) is 1. The number of nitrogens with one attached hydrogen (secondary N) is 1. The number of halogens is 1. The lowest BCUT2D eigenvalue weighted by Gasteiger charge is -2.14. The third kappa shape index (κ3) is 4.58. The van der Waals surface area contributed by atoms with E-state index in [1.54, 1.807) is 6.07 Å². The summed E-state index contributed by atoms with van der Waals surface area (Å²) in [5.41, 5.74) is 3.59. The van der Waals surface area contributed by atoms with E-state index in [1.165, 1.54) is 0 Å². The first-order valence-corrected chi connectivity index (χ1v) is 8.62. The van der Waals surface area contributed by atoms with Gasteiger partial charge in [0.25, 0.3) is 5.91 Å². The van der Waals surface area contributed by atoms with E-state index in [-0.39, 0.29) is 5.91 Å². The third-order valence-corrected chi connectivity index (χ3v) is 4.29. The Balaban J connectivity index is 2.24. The SMILES string of the molecule is CCCCOc1ccc(Br)cc1C(=O)Nc1cccc(C)c1C. The van der Waals surface area contributed by atoms with Crippen LogP contribution in [-0.4, -0.2) is 12.5 Å². The van der Waals surface area contributed by atoms with Crippen LogP contribution in [0.4, 0.5) is 5.69 Å². The van der Waals surface area contributed by atoms with Gasteiger partial charge in [0.2, 0.25) is 0 Å². The average molecular weight is 376 g/mol. The Morgan fingerprint density at radius 1 is 1.22 bits per heavy atom. The van der Waals surface area contributed by atoms with Crippen LogP contribution in [0.5, 0.6) is 5.75 Å². The number of anilines is 1. The van der Waals surface area contributed by atoms with Crippen LogP contribution in [0.3, 0.4) is 0 Å². The summed E-state index contributed by atoms with van der Waals surface area (Å²) in [7, 11) is 0. The van der Waals surface area contributed by atoms with E-state index < -0.39 is 0 Å². The summed E-state index contributed by atoms with van der Waals surface area (Å²) in [4.78, 5) is 12.7. The lowest BCUT2D eigenvalue weighted by atomic mass is 10.1. The molecule has 2 rings (SSSR count). The van der Waals surface area contributed by atoms with Gasteiger partial charge in [-0.05, 0) is 55.7 Å². The van der Waals surface area contributed by atoms with Crippen LogP contribution < -0.4 is 10.1 Å². The van der Waals surface area contributed by atoms with Gasteiger partial charge in [-0.1, -0.05) is 41.4 Å². The first-order chi connectivity index (χ1) is 11.0. The number of hydrogen-bond acceptors (Lipinski definition) is 2. The number of carbonyl (C=O) groups is 1. The Morgan fingerprint density at radius 3 is 2.74 bits per heavy atom. The quantitative estimate of drug-likeness (QED) is 0.677. The Hall–Kier alpha value is -1.81. The van der Waals surface area contributed by atoms with Crippen molar-refractivity contribution in [1.82, 2.24) is 0 Å². The van der Waals surface area contributed by atoms with Gasteiger partial charge in [0.15, 0.2) is 0 Å². The highest BCUT2D eigenvalue weighted by atomic mass is 79.9. The standard InChI is InChI=1S/C19H22BrNO2/c1-4-5-11-23-18-10-9-15(20)12-16(18)19(22)21-17-8-6-7-13(2)14(17)3/h6-10,12H,4-5,11H2,1-3H3,(H,21,22). The lowest BCUT2D eigenvalue weighted by Crippen LogP contribution is -2.15. The molecule has 23 heavy (non-hydrogen) atoms. The smallest absolute Gasteiger partial charge is 0.259 e. The molecule has 0 saturated carbocycles. The first-order valence-electron chi connectivity index (χ1n) is 7.83. The highest BCUT2D eigenvalue weighted by Crippen LogP contribution is 2.26. The number of ether oxygens (including phenoxy) is 1. The Morgan fingerprint density at radius 2 is 2.00 bits per heavy atom. The molecule has 0 unspecified atom stereocenters. The molecule has 0 bridgehead atoms. The van der Waals surface area contributed by atoms with Crippen molar-refractivity contribution in [2.75, 3.05) is 11.9 Å². The molecule has 0 radical (unpaired) electrons. The van der Waals surface area contributed by atoms with E-state index in [2.05, 4.69) is 28.2 Å². The predicted octanol–water partition coefficient (Wildman–Crippen LogP) is 5.50. The molecule has 2 aromatic rings. The molecule has 0 spiro atoms. The molecule has 3 nitrogen and oxygen atoms in total. The van der Waals surface area contributed by atoms with E-state index in [9.17, 15) is 4.79 Å². The molecular formula is C19H22BrNO2. The Labute approximate surface area is 146 Å². The van der Waals surface area contributed by atoms with Crippen molar-refractivity contribution in [1.29, 1.82) is 0 Å². The van der Waals surface area contributed by atoms with Gasteiger partial charge in [-0.15, -0.1) is 0 Å². The zero-order valence-electron chi connectivity index (χ0n) is 13.8. The fraction of sp³-hybridized carbons (Fsp3) is 0.316. The van der Waals surface area contributed by atoms with Crippen LogP contribution in [-0.2, 0) is 0 Å². The van der Waals surface area contributed by atoms with Gasteiger partial charge in [0, 0.05) is 10.2 Å². The maximum Gasteiger partial charge on any atom is 0.259 e. The molecule has 4 heteroatoms. The topological polar surface area (TPSA) is 38.3 Å². The fourth-order valence-electron chi connectivity index (χ4n) is 2.21. The largest absolute Gasteiger partial charge is 0.493 e. The van der Waals surface area contributed by atoms with Crippen molar-refractivity contribution in [2.24, 2.45) is 0 Å². The van der Waals surface area contributed by atoms with Crippen LogP contribution in [0.25, 0.3) is 0 Å². The minimum Gasteiger partial charge on any atom is -0.493 e. The van der Waals surface area contributed by atoms with E-state index in [1.807, 2.05) is 44.2 Å². The first kappa shape index (κ1) is 17.5. The third-order valence-electron chi connectivity index (χ3n) is 3.79. The normalized spacial score (nSPS) is 10.4. The van der Waals surface area contributed by atoms with Gasteiger partial charge in [-0.2, -0.15) is 0 Å². The number of amides is 1. The molecule has 0 aliphatic rings. The molecule has 2 aromatic carbocycles. The van der Waals surface area contributed by atoms with E-state index in [0.29, 0.717) is 17.9 Å². The summed E-state index contributed by atoms with van der Waals surface area (Å²) in [6, 6.07) is 11.4. The second kappa shape index (κ2) is 8.16. The van der Waals surface area contributed by atoms with Crippen LogP contribution in [0.2, 0.25) is 0 Å². The van der Waals surface area contributed by atoms with Gasteiger partial charge in [-0.25, -0.2) is 0 Å². The molecule has 0 aromatic heterocycles. The van der Waals surface area contributed by atoms with Crippen molar-refractivity contribution < 1.29 is 9.53 Å². The van der Waals surface area contributed by atoms with Crippen molar-refractivity contribution in [2.45, 2.75) is 33.6 Å². The summed E-state index contributed by atoms with van der Waals surface area (Å²) in [5.74, 6) is 0.455. The van der Waals surface area contributed by atoms with Gasteiger partial charge >= 0.3 is 0 Å². The van der Waals surface area contributed by atoms with Gasteiger partial charge in [0.05, 0.1) is 12.2 Å². The van der Waals surface area contributed by atoms with Gasteiger partial charge in [0.1, 0.15) is 5.75 Å². The van der Waals surface area contributed by atoms with Crippen molar-refractivity contribution >= 4 is 27.5 Å². The van der Waals surface area contributed by atoms with E-state index in [4.69, 9.17) is 4.74 Å². The van der Waals surface area contributed by atoms with Crippen molar-refractivity contribution in [3.8, 4) is 5.75 Å². The molecule has 0 saturated heterocycles. The van der Waals surface area contributed by atoms with E-state index in [0.717, 1.165) is 34.1 Å². The van der Waals surface area contributed by atoms with Crippen molar-refractivity contribution in [3.63, 3.8) is 0 Å². The summed E-state index contributed by atoms with van der Waals surface area (Å²) in [5, 5.41) is 2.99. The molecule has 0 aliphatic heterocycles. The van der Waals surface area contributed by atoms with Crippen LogP contribution in [0, 0.1) is 13.8 Å². The molecule has 0 heterocycles. The van der Waals surface area contributed by atoms with E-state index >= 15 is 0 Å². The summed E-state index contributed by atoms with van der Waals surface area (Å²) in [6.45, 7) is 6.76. The summed E-state index contributed by atoms with van der Waals surface area (Å²) in [6.07, 6.45) is 2.02. The number of benzene rings is 2. The maximum atomic E-state index is 12.7. The molecule has 0 fully saturated rings. The number of unbranched alkanes of at least 4 members (excludes halogenated alkanes) is 1. The number of carbonyl (C=O) groups excluding carboxylic acids is 1. The molecule has 122 valence electrons. The monoisotopic (exact) mass is 375 g/mol. The highest BCUT2D eigenvalue weighted by molar-refractivity contribution is 9.10. The average Bonchev–Trinajstić information content (AvgIpc) is 2.53. The molecule has 1 N–H and O–H groups in total. The summed E-state index contributed by atoms with van der Waals surface area (Å²) < 4.78 is 6.62. The zero-order valence-corrected chi connectivity index (χ0v) is 15.4. The fourth-order valence-corrected chi connectivity index (χ4v) is 2.57. The highest BCUT2D eigenvalue weighted by Gasteiger charge is 2.15. The van der Waals surface area contributed by atoms with Crippen LogP contribution >= 0.6 is 15.9 Å². The maximum absolute atomic E-state index is 12.7. The number of rotatable bonds is 6. The van der Waals surface area contributed by atoms with Crippen LogP contribution in [0.15, 0.2) is 40.9 Å².